The first kappa shape index (κ1) is 29.9. The van der Waals surface area contributed by atoms with E-state index >= 15 is 0 Å². The highest BCUT2D eigenvalue weighted by atomic mass is 32.2. The van der Waals surface area contributed by atoms with Crippen LogP contribution in [-0.4, -0.2) is 36.2 Å². The minimum Gasteiger partial charge on any atom is -0.418 e. The van der Waals surface area contributed by atoms with Crippen molar-refractivity contribution in [1.29, 1.82) is 0 Å². The molecule has 2 fully saturated rings. The minimum absolute atomic E-state index is 0.0255. The molecule has 4 aliphatic carbocycles. The normalized spacial score (nSPS) is 34.5. The molecule has 7 atom stereocenters. The number of para-hydroxylation sites is 1. The van der Waals surface area contributed by atoms with E-state index < -0.39 is 8.32 Å². The van der Waals surface area contributed by atoms with Crippen LogP contribution in [0.4, 0.5) is 4.79 Å². The SMILES string of the molecule is CC(SC(=O)Oc1ccccc1)C1=CC[C@H]2C3=CC=C4C[C@@H](O)C[C@H](O[Si](C)(C)C(C)(C)C)[C@]4(C)[C@H]3CC[C@]12C. The molecule has 4 aliphatic rings. The van der Waals surface area contributed by atoms with Gasteiger partial charge in [0.15, 0.2) is 8.32 Å². The molecule has 1 aromatic rings. The molecule has 5 rings (SSSR count). The Kier molecular flexibility index (Phi) is 7.91. The van der Waals surface area contributed by atoms with Gasteiger partial charge in [-0.15, -0.1) is 0 Å². The lowest BCUT2D eigenvalue weighted by atomic mass is 9.49. The van der Waals surface area contributed by atoms with Gasteiger partial charge in [-0.2, -0.15) is 0 Å². The van der Waals surface area contributed by atoms with Gasteiger partial charge in [-0.05, 0) is 98.3 Å². The van der Waals surface area contributed by atoms with Crippen LogP contribution in [-0.2, 0) is 4.43 Å². The Bertz CT molecular complexity index is 1230. The van der Waals surface area contributed by atoms with Crippen LogP contribution in [0.1, 0.15) is 73.6 Å². The summed E-state index contributed by atoms with van der Waals surface area (Å²) in [4.78, 5) is 12.8. The molecule has 40 heavy (non-hydrogen) atoms. The minimum atomic E-state index is -2.03. The van der Waals surface area contributed by atoms with Crippen LogP contribution in [0.5, 0.6) is 5.75 Å². The van der Waals surface area contributed by atoms with E-state index in [-0.39, 0.29) is 38.6 Å². The summed E-state index contributed by atoms with van der Waals surface area (Å²) in [6.45, 7) is 18.6. The number of carbonyl (C=O) groups is 1. The highest BCUT2D eigenvalue weighted by Gasteiger charge is 2.58. The van der Waals surface area contributed by atoms with Gasteiger partial charge < -0.3 is 14.3 Å². The van der Waals surface area contributed by atoms with Crippen LogP contribution in [0.15, 0.2) is 65.3 Å². The average molecular weight is 581 g/mol. The van der Waals surface area contributed by atoms with Gasteiger partial charge in [0.05, 0.1) is 12.2 Å². The molecule has 1 unspecified atom stereocenters. The number of rotatable bonds is 5. The molecule has 218 valence electrons. The summed E-state index contributed by atoms with van der Waals surface area (Å²) < 4.78 is 12.8. The van der Waals surface area contributed by atoms with E-state index in [1.165, 1.54) is 22.9 Å². The zero-order valence-corrected chi connectivity index (χ0v) is 27.4. The maximum atomic E-state index is 12.8. The highest BCUT2D eigenvalue weighted by molar-refractivity contribution is 8.14. The molecule has 0 bridgehead atoms. The summed E-state index contributed by atoms with van der Waals surface area (Å²) in [5.41, 5.74) is 4.25. The van der Waals surface area contributed by atoms with Crippen molar-refractivity contribution in [2.45, 2.75) is 109 Å². The van der Waals surface area contributed by atoms with Crippen LogP contribution in [0, 0.1) is 22.7 Å². The maximum absolute atomic E-state index is 12.8. The van der Waals surface area contributed by atoms with E-state index in [1.807, 2.05) is 30.3 Å². The Morgan fingerprint density at radius 3 is 2.50 bits per heavy atom. The number of aliphatic hydroxyl groups excluding tert-OH is 1. The molecule has 2 saturated carbocycles. The number of hydrogen-bond acceptors (Lipinski definition) is 5. The summed E-state index contributed by atoms with van der Waals surface area (Å²) in [5, 5.41) is 10.8. The topological polar surface area (TPSA) is 55.8 Å². The van der Waals surface area contributed by atoms with E-state index in [0.29, 0.717) is 24.0 Å². The number of ether oxygens (including phenoxy) is 1. The van der Waals surface area contributed by atoms with Crippen molar-refractivity contribution >= 4 is 25.4 Å². The van der Waals surface area contributed by atoms with Crippen molar-refractivity contribution in [3.63, 3.8) is 0 Å². The Morgan fingerprint density at radius 2 is 1.82 bits per heavy atom. The number of fused-ring (bicyclic) bond motifs is 5. The zero-order chi connectivity index (χ0) is 29.1. The first-order valence-corrected chi connectivity index (χ1v) is 18.9. The van der Waals surface area contributed by atoms with Crippen LogP contribution in [0.3, 0.4) is 0 Å². The van der Waals surface area contributed by atoms with Crippen molar-refractivity contribution < 1.29 is 19.1 Å². The first-order chi connectivity index (χ1) is 18.7. The Morgan fingerprint density at radius 1 is 1.12 bits per heavy atom. The average Bonchev–Trinajstić information content (AvgIpc) is 3.22. The molecule has 0 heterocycles. The first-order valence-electron chi connectivity index (χ1n) is 15.1. The Labute approximate surface area is 246 Å². The van der Waals surface area contributed by atoms with E-state index in [2.05, 4.69) is 72.9 Å². The molecule has 6 heteroatoms. The lowest BCUT2D eigenvalue weighted by Gasteiger charge is -2.58. The lowest BCUT2D eigenvalue weighted by Crippen LogP contribution is -2.57. The largest absolute Gasteiger partial charge is 0.418 e. The number of benzene rings is 1. The van der Waals surface area contributed by atoms with Gasteiger partial charge in [-0.3, -0.25) is 0 Å². The molecule has 1 N–H and O–H groups in total. The number of aliphatic hydroxyl groups is 1. The van der Waals surface area contributed by atoms with Gasteiger partial charge in [0.1, 0.15) is 5.75 Å². The number of hydrogen-bond donors (Lipinski definition) is 1. The summed E-state index contributed by atoms with van der Waals surface area (Å²) in [7, 11) is -2.03. The summed E-state index contributed by atoms with van der Waals surface area (Å²) >= 11 is 1.30. The van der Waals surface area contributed by atoms with Gasteiger partial charge >= 0.3 is 5.30 Å². The standard InChI is InChI=1S/C34H48O4SSi/c1-22(39-31(36)37-25-12-10-9-11-13-25)27-16-17-28-26-15-14-23-20-24(35)21-30(38-40(7,8)32(2,3)4)34(23,6)29(26)18-19-33(27,28)5/h9-16,22,24,28-30,35H,17-21H2,1-8H3/t22?,24-,28+,29+,30+,33-,34+/m1/s1. The second kappa shape index (κ2) is 10.6. The van der Waals surface area contributed by atoms with Gasteiger partial charge in [-0.1, -0.05) is 87.8 Å². The van der Waals surface area contributed by atoms with Crippen molar-refractivity contribution in [2.24, 2.45) is 22.7 Å². The number of carbonyl (C=O) groups excluding carboxylic acids is 1. The molecule has 0 saturated heterocycles. The van der Waals surface area contributed by atoms with Gasteiger partial charge in [0.2, 0.25) is 0 Å². The van der Waals surface area contributed by atoms with Crippen LogP contribution < -0.4 is 4.74 Å². The second-order valence-corrected chi connectivity index (χ2v) is 20.5. The molecule has 4 nitrogen and oxygen atoms in total. The van der Waals surface area contributed by atoms with Crippen molar-refractivity contribution in [3.05, 3.63) is 65.3 Å². The summed E-state index contributed by atoms with van der Waals surface area (Å²) in [6.07, 6.45) is 11.5. The van der Waals surface area contributed by atoms with Gasteiger partial charge in [0.25, 0.3) is 0 Å². The zero-order valence-electron chi connectivity index (χ0n) is 25.6. The molecule has 0 spiro atoms. The van der Waals surface area contributed by atoms with E-state index in [9.17, 15) is 9.90 Å². The third-order valence-electron chi connectivity index (χ3n) is 11.2. The summed E-state index contributed by atoms with van der Waals surface area (Å²) in [5.74, 6) is 1.45. The smallest absolute Gasteiger partial charge is 0.373 e. The molecular formula is C34H48O4SSi. The molecule has 0 radical (unpaired) electrons. The second-order valence-electron chi connectivity index (χ2n) is 14.5. The fourth-order valence-electron chi connectivity index (χ4n) is 7.79. The van der Waals surface area contributed by atoms with Gasteiger partial charge in [-0.25, -0.2) is 4.79 Å². The summed E-state index contributed by atoms with van der Waals surface area (Å²) in [6, 6.07) is 9.33. The quantitative estimate of drug-likeness (QED) is 0.214. The molecule has 0 aromatic heterocycles. The van der Waals surface area contributed by atoms with Crippen LogP contribution in [0.25, 0.3) is 0 Å². The van der Waals surface area contributed by atoms with E-state index in [1.54, 1.807) is 5.57 Å². The third-order valence-corrected chi connectivity index (χ3v) is 16.5. The van der Waals surface area contributed by atoms with Crippen molar-refractivity contribution in [2.75, 3.05) is 0 Å². The molecule has 0 amide bonds. The predicted molar refractivity (Wildman–Crippen MR) is 168 cm³/mol. The van der Waals surface area contributed by atoms with Crippen molar-refractivity contribution in [1.82, 2.24) is 0 Å². The van der Waals surface area contributed by atoms with Crippen molar-refractivity contribution in [3.8, 4) is 5.75 Å². The third kappa shape index (κ3) is 5.12. The van der Waals surface area contributed by atoms with Crippen LogP contribution in [0.2, 0.25) is 18.1 Å². The van der Waals surface area contributed by atoms with Gasteiger partial charge in [0, 0.05) is 10.7 Å². The highest BCUT2D eigenvalue weighted by Crippen LogP contribution is 2.65. The van der Waals surface area contributed by atoms with E-state index in [0.717, 1.165) is 25.7 Å². The number of thioether (sulfide) groups is 1. The Balaban J connectivity index is 1.37. The molecule has 1 aromatic carbocycles. The van der Waals surface area contributed by atoms with Crippen LogP contribution >= 0.6 is 11.8 Å². The molecule has 0 aliphatic heterocycles. The number of allylic oxidation sites excluding steroid dienone is 4. The predicted octanol–water partition coefficient (Wildman–Crippen LogP) is 9.09. The Hall–Kier alpha value is -1.60. The molecular weight excluding hydrogens is 533 g/mol. The lowest BCUT2D eigenvalue weighted by molar-refractivity contribution is -0.0417. The van der Waals surface area contributed by atoms with E-state index in [4.69, 9.17) is 9.16 Å². The fraction of sp³-hybridized carbons (Fsp3) is 0.618. The maximum Gasteiger partial charge on any atom is 0.373 e. The monoisotopic (exact) mass is 580 g/mol. The fourth-order valence-corrected chi connectivity index (χ4v) is 10.1.